The number of rotatable bonds is 6. The molecule has 3 aliphatic rings. The molecule has 10 heteroatoms. The van der Waals surface area contributed by atoms with E-state index in [-0.39, 0.29) is 17.6 Å². The van der Waals surface area contributed by atoms with Gasteiger partial charge in [-0.1, -0.05) is 6.07 Å². The summed E-state index contributed by atoms with van der Waals surface area (Å²) in [4.78, 5) is 15.2. The molecule has 0 bridgehead atoms. The Balaban J connectivity index is 1.31. The lowest BCUT2D eigenvalue weighted by atomic mass is 9.79. The number of ether oxygens (including phenoxy) is 1. The number of nitrogens with one attached hydrogen (secondary N) is 2. The SMILES string of the molecule is CSCC(=O)NC1CC2(CCN(C3CCc4cc(C#N)ccc4C3)CC2)Oc2ccc(NS(C)(=O)=O)cc21. The Morgan fingerprint density at radius 2 is 2.00 bits per heavy atom. The lowest BCUT2D eigenvalue weighted by Gasteiger charge is -2.49. The maximum absolute atomic E-state index is 12.6. The number of nitriles is 1. The molecule has 1 fully saturated rings. The van der Waals surface area contributed by atoms with Crippen LogP contribution in [-0.4, -0.2) is 62.2 Å². The molecule has 5 rings (SSSR count). The summed E-state index contributed by atoms with van der Waals surface area (Å²) in [6.07, 6.45) is 8.48. The van der Waals surface area contributed by atoms with Gasteiger partial charge in [0.05, 0.1) is 29.7 Å². The maximum atomic E-state index is 12.6. The van der Waals surface area contributed by atoms with Gasteiger partial charge in [-0.2, -0.15) is 17.0 Å². The molecule has 2 aliphatic heterocycles. The van der Waals surface area contributed by atoms with Crippen LogP contribution in [0, 0.1) is 11.3 Å². The number of carbonyl (C=O) groups is 1. The third-order valence-corrected chi connectivity index (χ3v) is 9.12. The van der Waals surface area contributed by atoms with Gasteiger partial charge in [0.1, 0.15) is 11.4 Å². The van der Waals surface area contributed by atoms with E-state index in [1.807, 2.05) is 24.5 Å². The van der Waals surface area contributed by atoms with Crippen LogP contribution in [0.2, 0.25) is 0 Å². The number of amides is 1. The summed E-state index contributed by atoms with van der Waals surface area (Å²) < 4.78 is 32.7. The first-order valence-electron chi connectivity index (χ1n) is 13.0. The summed E-state index contributed by atoms with van der Waals surface area (Å²) in [5.41, 5.74) is 4.27. The number of nitrogens with zero attached hydrogens (tertiary/aromatic N) is 2. The lowest BCUT2D eigenvalue weighted by molar-refractivity contribution is -0.120. The highest BCUT2D eigenvalue weighted by molar-refractivity contribution is 7.99. The van der Waals surface area contributed by atoms with Crippen molar-refractivity contribution in [2.75, 3.05) is 36.1 Å². The third-order valence-electron chi connectivity index (χ3n) is 7.97. The predicted octanol–water partition coefficient (Wildman–Crippen LogP) is 3.62. The maximum Gasteiger partial charge on any atom is 0.230 e. The number of piperidine rings is 1. The molecule has 1 spiro atoms. The summed E-state index contributed by atoms with van der Waals surface area (Å²) in [6.45, 7) is 1.84. The van der Waals surface area contributed by atoms with Gasteiger partial charge in [0.15, 0.2) is 0 Å². The second kappa shape index (κ2) is 10.8. The van der Waals surface area contributed by atoms with Gasteiger partial charge in [-0.15, -0.1) is 0 Å². The van der Waals surface area contributed by atoms with E-state index in [9.17, 15) is 18.5 Å². The number of hydrogen-bond donors (Lipinski definition) is 2. The van der Waals surface area contributed by atoms with Gasteiger partial charge in [0.2, 0.25) is 15.9 Å². The van der Waals surface area contributed by atoms with E-state index in [2.05, 4.69) is 27.1 Å². The minimum atomic E-state index is -3.42. The molecule has 1 amide bonds. The summed E-state index contributed by atoms with van der Waals surface area (Å²) in [7, 11) is -3.42. The fourth-order valence-corrected chi connectivity index (χ4v) is 7.06. The largest absolute Gasteiger partial charge is 0.487 e. The minimum Gasteiger partial charge on any atom is -0.487 e. The zero-order chi connectivity index (χ0) is 26.9. The Kier molecular flexibility index (Phi) is 7.63. The molecule has 2 heterocycles. The molecule has 0 saturated carbocycles. The van der Waals surface area contributed by atoms with Gasteiger partial charge < -0.3 is 10.1 Å². The molecule has 2 atom stereocenters. The van der Waals surface area contributed by atoms with Crippen LogP contribution in [0.25, 0.3) is 0 Å². The van der Waals surface area contributed by atoms with Gasteiger partial charge >= 0.3 is 0 Å². The molecule has 2 unspecified atom stereocenters. The van der Waals surface area contributed by atoms with Crippen molar-refractivity contribution in [2.24, 2.45) is 0 Å². The van der Waals surface area contributed by atoms with Crippen molar-refractivity contribution in [3.63, 3.8) is 0 Å². The second-order valence-electron chi connectivity index (χ2n) is 10.7. The first-order chi connectivity index (χ1) is 18.2. The van der Waals surface area contributed by atoms with E-state index in [1.54, 1.807) is 12.1 Å². The summed E-state index contributed by atoms with van der Waals surface area (Å²) >= 11 is 1.47. The second-order valence-corrected chi connectivity index (χ2v) is 13.3. The number of aryl methyl sites for hydroxylation is 1. The molecule has 1 saturated heterocycles. The number of fused-ring (bicyclic) bond motifs is 2. The fourth-order valence-electron chi connectivity index (χ4n) is 6.16. The number of hydrogen-bond acceptors (Lipinski definition) is 7. The highest BCUT2D eigenvalue weighted by atomic mass is 32.2. The smallest absolute Gasteiger partial charge is 0.230 e. The lowest BCUT2D eigenvalue weighted by Crippen LogP contribution is -2.54. The molecule has 2 N–H and O–H groups in total. The monoisotopic (exact) mass is 554 g/mol. The summed E-state index contributed by atoms with van der Waals surface area (Å²) in [6, 6.07) is 13.8. The summed E-state index contributed by atoms with van der Waals surface area (Å²) in [5, 5.41) is 12.4. The van der Waals surface area contributed by atoms with Crippen molar-refractivity contribution in [3.05, 3.63) is 58.7 Å². The van der Waals surface area contributed by atoms with E-state index >= 15 is 0 Å². The zero-order valence-corrected chi connectivity index (χ0v) is 23.5. The van der Waals surface area contributed by atoms with Crippen LogP contribution < -0.4 is 14.8 Å². The van der Waals surface area contributed by atoms with Crippen LogP contribution in [0.5, 0.6) is 5.75 Å². The molecular formula is C28H34N4O4S2. The molecule has 1 aliphatic carbocycles. The number of anilines is 1. The van der Waals surface area contributed by atoms with E-state index < -0.39 is 10.0 Å². The minimum absolute atomic E-state index is 0.0372. The number of benzene rings is 2. The van der Waals surface area contributed by atoms with Crippen LogP contribution in [-0.2, 0) is 27.7 Å². The van der Waals surface area contributed by atoms with Crippen LogP contribution in [0.4, 0.5) is 5.69 Å². The molecule has 38 heavy (non-hydrogen) atoms. The van der Waals surface area contributed by atoms with Crippen LogP contribution in [0.15, 0.2) is 36.4 Å². The highest BCUT2D eigenvalue weighted by Crippen LogP contribution is 2.46. The average Bonchev–Trinajstić information content (AvgIpc) is 2.88. The van der Waals surface area contributed by atoms with Crippen molar-refractivity contribution < 1.29 is 17.9 Å². The topological polar surface area (TPSA) is 112 Å². The Hall–Kier alpha value is -2.74. The van der Waals surface area contributed by atoms with E-state index in [0.29, 0.717) is 29.7 Å². The Morgan fingerprint density at radius 3 is 2.71 bits per heavy atom. The van der Waals surface area contributed by atoms with E-state index in [0.717, 1.165) is 62.6 Å². The molecule has 8 nitrogen and oxygen atoms in total. The molecule has 0 radical (unpaired) electrons. The van der Waals surface area contributed by atoms with Gasteiger partial charge in [-0.3, -0.25) is 14.4 Å². The van der Waals surface area contributed by atoms with Crippen LogP contribution in [0.1, 0.15) is 54.0 Å². The Morgan fingerprint density at radius 1 is 1.21 bits per heavy atom. The molecule has 0 aromatic heterocycles. The first-order valence-corrected chi connectivity index (χ1v) is 16.3. The molecule has 2 aromatic carbocycles. The molecular weight excluding hydrogens is 520 g/mol. The average molecular weight is 555 g/mol. The number of sulfonamides is 1. The fraction of sp³-hybridized carbons (Fsp3) is 0.500. The van der Waals surface area contributed by atoms with E-state index in [1.165, 1.54) is 22.9 Å². The van der Waals surface area contributed by atoms with Gasteiger partial charge in [-0.25, -0.2) is 8.42 Å². The summed E-state index contributed by atoms with van der Waals surface area (Å²) in [5.74, 6) is 1.04. The molecule has 202 valence electrons. The zero-order valence-electron chi connectivity index (χ0n) is 21.8. The van der Waals surface area contributed by atoms with Crippen molar-refractivity contribution in [1.82, 2.24) is 10.2 Å². The normalized spacial score (nSPS) is 22.4. The van der Waals surface area contributed by atoms with Crippen molar-refractivity contribution in [1.29, 1.82) is 5.26 Å². The highest BCUT2D eigenvalue weighted by Gasteiger charge is 2.45. The van der Waals surface area contributed by atoms with Gasteiger partial charge in [0.25, 0.3) is 0 Å². The van der Waals surface area contributed by atoms with Crippen molar-refractivity contribution in [2.45, 2.75) is 56.2 Å². The number of carbonyl (C=O) groups excluding carboxylic acids is 1. The Labute approximate surface area is 229 Å². The van der Waals surface area contributed by atoms with Crippen LogP contribution >= 0.6 is 11.8 Å². The molecule has 2 aromatic rings. The van der Waals surface area contributed by atoms with Gasteiger partial charge in [0, 0.05) is 36.8 Å². The van der Waals surface area contributed by atoms with Crippen molar-refractivity contribution >= 4 is 33.4 Å². The Bertz CT molecular complexity index is 1360. The van der Waals surface area contributed by atoms with E-state index in [4.69, 9.17) is 4.74 Å². The third kappa shape index (κ3) is 5.95. The first kappa shape index (κ1) is 26.9. The predicted molar refractivity (Wildman–Crippen MR) is 150 cm³/mol. The number of thioether (sulfide) groups is 1. The van der Waals surface area contributed by atoms with Crippen LogP contribution in [0.3, 0.4) is 0 Å². The van der Waals surface area contributed by atoms with Crippen molar-refractivity contribution in [3.8, 4) is 11.8 Å². The van der Waals surface area contributed by atoms with Gasteiger partial charge in [-0.05, 0) is 79.8 Å². The number of likely N-dealkylation sites (tertiary alicyclic amines) is 1. The quantitative estimate of drug-likeness (QED) is 0.561. The standard InChI is InChI=1S/C28H34N4O4S2/c1-37-18-27(33)30-25-16-28(36-26-8-6-22(15-24(25)26)31-38(2,34)35)9-11-32(12-10-28)23-7-5-20-13-19(17-29)3-4-21(20)14-23/h3-4,6,8,13,15,23,25,31H,5,7,9-12,14,16,18H2,1-2H3,(H,30,33).